The lowest BCUT2D eigenvalue weighted by atomic mass is 10.1. The minimum atomic E-state index is 0.358. The number of ether oxygens (including phenoxy) is 1. The Bertz CT molecular complexity index is 357. The van der Waals surface area contributed by atoms with Gasteiger partial charge in [0.05, 0.1) is 25.5 Å². The van der Waals surface area contributed by atoms with Gasteiger partial charge in [-0.1, -0.05) is 0 Å². The fourth-order valence-electron chi connectivity index (χ4n) is 2.89. The SMILES string of the molecule is c1coc(C(CN2CCNCC2)N2CCOCC2)c1. The number of rotatable bonds is 4. The number of nitrogens with zero attached hydrogens (tertiary/aromatic N) is 2. The molecule has 0 saturated carbocycles. The maximum atomic E-state index is 5.67. The average molecular weight is 265 g/mol. The van der Waals surface area contributed by atoms with Gasteiger partial charge in [0.2, 0.25) is 0 Å². The van der Waals surface area contributed by atoms with Crippen LogP contribution in [0.4, 0.5) is 0 Å². The molecule has 0 bridgehead atoms. The zero-order valence-corrected chi connectivity index (χ0v) is 11.4. The second kappa shape index (κ2) is 6.52. The highest BCUT2D eigenvalue weighted by Crippen LogP contribution is 2.23. The first-order chi connectivity index (χ1) is 9.43. The predicted molar refractivity (Wildman–Crippen MR) is 73.2 cm³/mol. The van der Waals surface area contributed by atoms with Crippen molar-refractivity contribution in [3.63, 3.8) is 0 Å². The molecule has 1 atom stereocenters. The Balaban J connectivity index is 1.68. The molecule has 1 aromatic rings. The predicted octanol–water partition coefficient (Wildman–Crippen LogP) is 0.558. The number of hydrogen-bond donors (Lipinski definition) is 1. The molecule has 0 spiro atoms. The molecular weight excluding hydrogens is 242 g/mol. The van der Waals surface area contributed by atoms with E-state index in [0.29, 0.717) is 6.04 Å². The van der Waals surface area contributed by atoms with E-state index in [0.717, 1.165) is 64.8 Å². The molecule has 0 aliphatic carbocycles. The molecule has 0 radical (unpaired) electrons. The Morgan fingerprint density at radius 3 is 2.63 bits per heavy atom. The lowest BCUT2D eigenvalue weighted by Gasteiger charge is -2.37. The van der Waals surface area contributed by atoms with Crippen molar-refractivity contribution in [2.75, 3.05) is 59.0 Å². The molecule has 2 fully saturated rings. The summed E-state index contributed by atoms with van der Waals surface area (Å²) in [6.07, 6.45) is 1.78. The molecule has 19 heavy (non-hydrogen) atoms. The van der Waals surface area contributed by atoms with E-state index in [-0.39, 0.29) is 0 Å². The van der Waals surface area contributed by atoms with Gasteiger partial charge in [-0.25, -0.2) is 0 Å². The first kappa shape index (κ1) is 13.1. The summed E-state index contributed by atoms with van der Waals surface area (Å²) in [5.41, 5.74) is 0. The molecule has 1 aromatic heterocycles. The largest absolute Gasteiger partial charge is 0.468 e. The third kappa shape index (κ3) is 3.36. The third-order valence-corrected chi connectivity index (χ3v) is 4.00. The van der Waals surface area contributed by atoms with Crippen molar-refractivity contribution in [1.82, 2.24) is 15.1 Å². The third-order valence-electron chi connectivity index (χ3n) is 4.00. The monoisotopic (exact) mass is 265 g/mol. The number of nitrogens with one attached hydrogen (secondary N) is 1. The Hall–Kier alpha value is -0.880. The number of morpholine rings is 1. The molecule has 106 valence electrons. The minimum absolute atomic E-state index is 0.358. The highest BCUT2D eigenvalue weighted by atomic mass is 16.5. The van der Waals surface area contributed by atoms with Crippen LogP contribution in [0.15, 0.2) is 22.8 Å². The maximum absolute atomic E-state index is 5.67. The molecule has 2 aliphatic rings. The van der Waals surface area contributed by atoms with Crippen LogP contribution in [0.1, 0.15) is 11.8 Å². The summed E-state index contributed by atoms with van der Waals surface area (Å²) >= 11 is 0. The summed E-state index contributed by atoms with van der Waals surface area (Å²) in [5.74, 6) is 1.08. The molecule has 2 saturated heterocycles. The average Bonchev–Trinajstić information content (AvgIpc) is 3.01. The fraction of sp³-hybridized carbons (Fsp3) is 0.714. The number of furan rings is 1. The second-order valence-corrected chi connectivity index (χ2v) is 5.23. The first-order valence-corrected chi connectivity index (χ1v) is 7.22. The van der Waals surface area contributed by atoms with Gasteiger partial charge in [0, 0.05) is 45.8 Å². The second-order valence-electron chi connectivity index (χ2n) is 5.23. The summed E-state index contributed by atoms with van der Waals surface area (Å²) in [4.78, 5) is 5.02. The highest BCUT2D eigenvalue weighted by Gasteiger charge is 2.27. The van der Waals surface area contributed by atoms with Gasteiger partial charge in [0.1, 0.15) is 5.76 Å². The van der Waals surface area contributed by atoms with Crippen molar-refractivity contribution in [3.05, 3.63) is 24.2 Å². The van der Waals surface area contributed by atoms with E-state index in [4.69, 9.17) is 9.15 Å². The quantitative estimate of drug-likeness (QED) is 0.861. The molecule has 0 amide bonds. The summed E-state index contributed by atoms with van der Waals surface area (Å²) in [6.45, 7) is 9.15. The molecule has 3 rings (SSSR count). The smallest absolute Gasteiger partial charge is 0.122 e. The normalized spacial score (nSPS) is 24.4. The van der Waals surface area contributed by atoms with Gasteiger partial charge in [-0.15, -0.1) is 0 Å². The van der Waals surface area contributed by atoms with Gasteiger partial charge in [-0.3, -0.25) is 9.80 Å². The van der Waals surface area contributed by atoms with E-state index in [9.17, 15) is 0 Å². The van der Waals surface area contributed by atoms with Crippen LogP contribution < -0.4 is 5.32 Å². The van der Waals surface area contributed by atoms with E-state index in [1.807, 2.05) is 6.07 Å². The molecule has 2 aliphatic heterocycles. The van der Waals surface area contributed by atoms with Gasteiger partial charge in [0.15, 0.2) is 0 Å². The molecule has 1 unspecified atom stereocenters. The van der Waals surface area contributed by atoms with Crippen molar-refractivity contribution in [3.8, 4) is 0 Å². The summed E-state index contributed by atoms with van der Waals surface area (Å²) in [7, 11) is 0. The maximum Gasteiger partial charge on any atom is 0.122 e. The van der Waals surface area contributed by atoms with Crippen molar-refractivity contribution < 1.29 is 9.15 Å². The molecule has 1 N–H and O–H groups in total. The lowest BCUT2D eigenvalue weighted by Crippen LogP contribution is -2.49. The molecule has 3 heterocycles. The van der Waals surface area contributed by atoms with Gasteiger partial charge < -0.3 is 14.5 Å². The van der Waals surface area contributed by atoms with Crippen LogP contribution in [0.2, 0.25) is 0 Å². The number of hydrogen-bond acceptors (Lipinski definition) is 5. The Kier molecular flexibility index (Phi) is 4.50. The Morgan fingerprint density at radius 2 is 1.95 bits per heavy atom. The van der Waals surface area contributed by atoms with Crippen LogP contribution in [-0.2, 0) is 4.74 Å². The zero-order valence-electron chi connectivity index (χ0n) is 11.4. The van der Waals surface area contributed by atoms with Crippen molar-refractivity contribution in [2.24, 2.45) is 0 Å². The molecular formula is C14H23N3O2. The van der Waals surface area contributed by atoms with Crippen LogP contribution in [0, 0.1) is 0 Å². The highest BCUT2D eigenvalue weighted by molar-refractivity contribution is 5.06. The molecule has 0 aromatic carbocycles. The van der Waals surface area contributed by atoms with Gasteiger partial charge in [0.25, 0.3) is 0 Å². The van der Waals surface area contributed by atoms with E-state index < -0.39 is 0 Å². The Morgan fingerprint density at radius 1 is 1.16 bits per heavy atom. The van der Waals surface area contributed by atoms with Gasteiger partial charge in [-0.05, 0) is 12.1 Å². The first-order valence-electron chi connectivity index (χ1n) is 7.22. The standard InChI is InChI=1S/C14H23N3O2/c1-2-14(19-9-1)13(17-7-10-18-11-8-17)12-16-5-3-15-4-6-16/h1-2,9,13,15H,3-8,10-12H2. The molecule has 5 heteroatoms. The molecule has 5 nitrogen and oxygen atoms in total. The van der Waals surface area contributed by atoms with E-state index in [2.05, 4.69) is 21.2 Å². The van der Waals surface area contributed by atoms with Crippen LogP contribution in [-0.4, -0.2) is 68.8 Å². The van der Waals surface area contributed by atoms with E-state index in [1.165, 1.54) is 0 Å². The van der Waals surface area contributed by atoms with Crippen molar-refractivity contribution in [1.29, 1.82) is 0 Å². The van der Waals surface area contributed by atoms with Crippen molar-refractivity contribution >= 4 is 0 Å². The topological polar surface area (TPSA) is 40.9 Å². The number of piperazine rings is 1. The van der Waals surface area contributed by atoms with Crippen LogP contribution >= 0.6 is 0 Å². The van der Waals surface area contributed by atoms with Crippen LogP contribution in [0.25, 0.3) is 0 Å². The zero-order chi connectivity index (χ0) is 12.9. The summed E-state index contributed by atoms with van der Waals surface area (Å²) < 4.78 is 11.1. The fourth-order valence-corrected chi connectivity index (χ4v) is 2.89. The Labute approximate surface area is 114 Å². The van der Waals surface area contributed by atoms with Gasteiger partial charge in [-0.2, -0.15) is 0 Å². The summed E-state index contributed by atoms with van der Waals surface area (Å²) in [6, 6.07) is 4.44. The van der Waals surface area contributed by atoms with Gasteiger partial charge >= 0.3 is 0 Å². The van der Waals surface area contributed by atoms with E-state index in [1.54, 1.807) is 6.26 Å². The van der Waals surface area contributed by atoms with Crippen LogP contribution in [0.5, 0.6) is 0 Å². The summed E-state index contributed by atoms with van der Waals surface area (Å²) in [5, 5.41) is 3.40. The van der Waals surface area contributed by atoms with Crippen molar-refractivity contribution in [2.45, 2.75) is 6.04 Å². The minimum Gasteiger partial charge on any atom is -0.468 e. The van der Waals surface area contributed by atoms with E-state index >= 15 is 0 Å². The van der Waals surface area contributed by atoms with Crippen LogP contribution in [0.3, 0.4) is 0 Å². The lowest BCUT2D eigenvalue weighted by molar-refractivity contribution is 0.00164.